The summed E-state index contributed by atoms with van der Waals surface area (Å²) in [6.45, 7) is 1.32. The molecule has 0 radical (unpaired) electrons. The first kappa shape index (κ1) is 11.5. The van der Waals surface area contributed by atoms with Crippen molar-refractivity contribution in [3.63, 3.8) is 0 Å². The highest BCUT2D eigenvalue weighted by molar-refractivity contribution is 7.89. The van der Waals surface area contributed by atoms with E-state index in [1.165, 1.54) is 16.6 Å². The number of sulfonamides is 1. The van der Waals surface area contributed by atoms with Gasteiger partial charge in [-0.15, -0.1) is 0 Å². The van der Waals surface area contributed by atoms with Gasteiger partial charge in [-0.25, -0.2) is 8.42 Å². The van der Waals surface area contributed by atoms with Crippen molar-refractivity contribution in [3.05, 3.63) is 12.3 Å². The number of nitrogens with two attached hydrogens (primary N) is 1. The Morgan fingerprint density at radius 2 is 2.50 bits per heavy atom. The third-order valence-electron chi connectivity index (χ3n) is 2.46. The van der Waals surface area contributed by atoms with Crippen molar-refractivity contribution < 1.29 is 13.2 Å². The van der Waals surface area contributed by atoms with Crippen LogP contribution in [0.3, 0.4) is 0 Å². The first-order chi connectivity index (χ1) is 7.64. The van der Waals surface area contributed by atoms with Crippen LogP contribution in [0.2, 0.25) is 0 Å². The Morgan fingerprint density at radius 1 is 1.69 bits per heavy atom. The van der Waals surface area contributed by atoms with E-state index in [9.17, 15) is 8.42 Å². The Morgan fingerprint density at radius 3 is 3.12 bits per heavy atom. The lowest BCUT2D eigenvalue weighted by Gasteiger charge is -2.30. The second-order valence-corrected chi connectivity index (χ2v) is 5.42. The van der Waals surface area contributed by atoms with E-state index >= 15 is 0 Å². The SMILES string of the molecule is NCC1CN(S(=O)(=O)c2ccn[nH]2)CCO1. The van der Waals surface area contributed by atoms with Crippen molar-refractivity contribution in [1.82, 2.24) is 14.5 Å². The van der Waals surface area contributed by atoms with E-state index in [4.69, 9.17) is 10.5 Å². The largest absolute Gasteiger partial charge is 0.374 e. The molecule has 0 aromatic carbocycles. The molecule has 0 saturated carbocycles. The van der Waals surface area contributed by atoms with Crippen molar-refractivity contribution in [1.29, 1.82) is 0 Å². The van der Waals surface area contributed by atoms with Gasteiger partial charge in [0.1, 0.15) is 0 Å². The van der Waals surface area contributed by atoms with Gasteiger partial charge in [-0.2, -0.15) is 9.40 Å². The van der Waals surface area contributed by atoms with Crippen LogP contribution >= 0.6 is 0 Å². The van der Waals surface area contributed by atoms with E-state index in [1.54, 1.807) is 0 Å². The number of aromatic amines is 1. The van der Waals surface area contributed by atoms with E-state index in [0.717, 1.165) is 0 Å². The lowest BCUT2D eigenvalue weighted by molar-refractivity contribution is 0.00443. The molecule has 1 unspecified atom stereocenters. The maximum absolute atomic E-state index is 12.1. The molecule has 1 fully saturated rings. The second kappa shape index (κ2) is 4.50. The van der Waals surface area contributed by atoms with Crippen molar-refractivity contribution in [2.45, 2.75) is 11.1 Å². The highest BCUT2D eigenvalue weighted by Crippen LogP contribution is 2.15. The molecule has 0 bridgehead atoms. The van der Waals surface area contributed by atoms with Gasteiger partial charge in [0.05, 0.1) is 18.9 Å². The average Bonchev–Trinajstić information content (AvgIpc) is 2.83. The molecule has 7 nitrogen and oxygen atoms in total. The molecule has 1 aromatic heterocycles. The number of nitrogens with zero attached hydrogens (tertiary/aromatic N) is 2. The monoisotopic (exact) mass is 246 g/mol. The summed E-state index contributed by atoms with van der Waals surface area (Å²) in [7, 11) is -3.48. The van der Waals surface area contributed by atoms with Crippen LogP contribution in [0, 0.1) is 0 Å². The minimum atomic E-state index is -3.48. The molecule has 1 aromatic rings. The van der Waals surface area contributed by atoms with Crippen LogP contribution in [0.4, 0.5) is 0 Å². The second-order valence-electron chi connectivity index (χ2n) is 3.51. The third-order valence-corrected chi connectivity index (χ3v) is 4.25. The van der Waals surface area contributed by atoms with E-state index < -0.39 is 10.0 Å². The van der Waals surface area contributed by atoms with Gasteiger partial charge in [-0.3, -0.25) is 5.10 Å². The summed E-state index contributed by atoms with van der Waals surface area (Å²) in [4.78, 5) is 0. The number of ether oxygens (including phenoxy) is 1. The quantitative estimate of drug-likeness (QED) is 0.694. The molecular formula is C8H14N4O3S. The lowest BCUT2D eigenvalue weighted by atomic mass is 10.3. The number of H-pyrrole nitrogens is 1. The van der Waals surface area contributed by atoms with Gasteiger partial charge in [0.2, 0.25) is 0 Å². The van der Waals surface area contributed by atoms with Crippen LogP contribution in [0.1, 0.15) is 0 Å². The average molecular weight is 246 g/mol. The zero-order valence-corrected chi connectivity index (χ0v) is 9.48. The van der Waals surface area contributed by atoms with Crippen LogP contribution in [0.15, 0.2) is 17.3 Å². The van der Waals surface area contributed by atoms with Gasteiger partial charge in [0, 0.05) is 19.6 Å². The normalized spacial score (nSPS) is 23.4. The van der Waals surface area contributed by atoms with Gasteiger partial charge >= 0.3 is 0 Å². The van der Waals surface area contributed by atoms with Gasteiger partial charge < -0.3 is 10.5 Å². The van der Waals surface area contributed by atoms with Crippen LogP contribution in [-0.4, -0.2) is 55.3 Å². The van der Waals surface area contributed by atoms with Crippen LogP contribution < -0.4 is 5.73 Å². The molecule has 2 rings (SSSR count). The molecule has 1 aliphatic rings. The van der Waals surface area contributed by atoms with E-state index in [2.05, 4.69) is 10.2 Å². The zero-order valence-electron chi connectivity index (χ0n) is 8.67. The summed E-state index contributed by atoms with van der Waals surface area (Å²) in [5.41, 5.74) is 5.46. The Hall–Kier alpha value is -0.960. The van der Waals surface area contributed by atoms with E-state index in [-0.39, 0.29) is 17.7 Å². The maximum atomic E-state index is 12.1. The van der Waals surface area contributed by atoms with Gasteiger partial charge in [-0.1, -0.05) is 0 Å². The van der Waals surface area contributed by atoms with Crippen molar-refractivity contribution >= 4 is 10.0 Å². The summed E-state index contributed by atoms with van der Waals surface area (Å²) in [6, 6.07) is 1.43. The van der Waals surface area contributed by atoms with Gasteiger partial charge in [-0.05, 0) is 6.07 Å². The van der Waals surface area contributed by atoms with Crippen LogP contribution in [-0.2, 0) is 14.8 Å². The molecule has 8 heteroatoms. The Balaban J connectivity index is 2.18. The molecule has 2 heterocycles. The highest BCUT2D eigenvalue weighted by atomic mass is 32.2. The van der Waals surface area contributed by atoms with Crippen LogP contribution in [0.5, 0.6) is 0 Å². The first-order valence-electron chi connectivity index (χ1n) is 4.96. The summed E-state index contributed by atoms with van der Waals surface area (Å²) >= 11 is 0. The molecule has 1 atom stereocenters. The van der Waals surface area contributed by atoms with Crippen molar-refractivity contribution in [2.24, 2.45) is 5.73 Å². The Labute approximate surface area is 93.6 Å². The standard InChI is InChI=1S/C8H14N4O3S/c9-5-7-6-12(3-4-15-7)16(13,14)8-1-2-10-11-8/h1-2,7H,3-6,9H2,(H,10,11). The topological polar surface area (TPSA) is 101 Å². The highest BCUT2D eigenvalue weighted by Gasteiger charge is 2.30. The molecule has 90 valence electrons. The predicted octanol–water partition coefficient (Wildman–Crippen LogP) is -1.24. The van der Waals surface area contributed by atoms with Crippen LogP contribution in [0.25, 0.3) is 0 Å². The summed E-state index contributed by atoms with van der Waals surface area (Å²) in [5.74, 6) is 0. The predicted molar refractivity (Wildman–Crippen MR) is 56.1 cm³/mol. The summed E-state index contributed by atoms with van der Waals surface area (Å²) in [6.07, 6.45) is 1.18. The van der Waals surface area contributed by atoms with Gasteiger partial charge in [0.25, 0.3) is 10.0 Å². The summed E-state index contributed by atoms with van der Waals surface area (Å²) < 4.78 is 30.8. The number of nitrogens with one attached hydrogen (secondary N) is 1. The fourth-order valence-electron chi connectivity index (χ4n) is 1.58. The minimum absolute atomic E-state index is 0.102. The van der Waals surface area contributed by atoms with Gasteiger partial charge in [0.15, 0.2) is 5.03 Å². The molecular weight excluding hydrogens is 232 g/mol. The van der Waals surface area contributed by atoms with E-state index in [1.807, 2.05) is 0 Å². The number of hydrogen-bond donors (Lipinski definition) is 2. The molecule has 1 saturated heterocycles. The first-order valence-corrected chi connectivity index (χ1v) is 6.40. The maximum Gasteiger partial charge on any atom is 0.260 e. The number of aromatic nitrogens is 2. The Bertz CT molecular complexity index is 430. The number of morpholine rings is 1. The Kier molecular flexibility index (Phi) is 3.24. The number of rotatable bonds is 3. The lowest BCUT2D eigenvalue weighted by Crippen LogP contribution is -2.48. The zero-order chi connectivity index (χ0) is 11.6. The number of hydrogen-bond acceptors (Lipinski definition) is 5. The summed E-state index contributed by atoms with van der Waals surface area (Å²) in [5, 5.41) is 6.19. The minimum Gasteiger partial charge on any atom is -0.374 e. The van der Waals surface area contributed by atoms with Crippen molar-refractivity contribution in [2.75, 3.05) is 26.2 Å². The molecule has 0 aliphatic carbocycles. The smallest absolute Gasteiger partial charge is 0.260 e. The molecule has 16 heavy (non-hydrogen) atoms. The molecule has 1 aliphatic heterocycles. The fraction of sp³-hybridized carbons (Fsp3) is 0.625. The third kappa shape index (κ3) is 2.09. The fourth-order valence-corrected chi connectivity index (χ4v) is 2.94. The molecule has 0 amide bonds. The molecule has 0 spiro atoms. The van der Waals surface area contributed by atoms with Crippen molar-refractivity contribution in [3.8, 4) is 0 Å². The molecule has 3 N–H and O–H groups in total. The van der Waals surface area contributed by atoms with E-state index in [0.29, 0.717) is 19.7 Å².